The number of carbonyl (C=O) groups excluding carboxylic acids is 2. The minimum Gasteiger partial charge on any atom is -0.495 e. The zero-order valence-electron chi connectivity index (χ0n) is 14.9. The van der Waals surface area contributed by atoms with Crippen molar-refractivity contribution in [2.75, 3.05) is 26.7 Å². The van der Waals surface area contributed by atoms with Crippen LogP contribution < -0.4 is 10.1 Å². The molecule has 2 aliphatic rings. The van der Waals surface area contributed by atoms with Gasteiger partial charge in [-0.15, -0.1) is 0 Å². The number of nitrogens with zero attached hydrogens (tertiary/aromatic N) is 3. The first-order valence-corrected chi connectivity index (χ1v) is 8.93. The highest BCUT2D eigenvalue weighted by atomic mass is 16.5. The van der Waals surface area contributed by atoms with E-state index in [9.17, 15) is 9.59 Å². The Morgan fingerprint density at radius 1 is 1.36 bits per heavy atom. The summed E-state index contributed by atoms with van der Waals surface area (Å²) in [6.07, 6.45) is 6.69. The summed E-state index contributed by atoms with van der Waals surface area (Å²) in [7, 11) is 1.60. The fourth-order valence-electron chi connectivity index (χ4n) is 3.71. The third kappa shape index (κ3) is 3.86. The van der Waals surface area contributed by atoms with Crippen molar-refractivity contribution < 1.29 is 14.3 Å². The van der Waals surface area contributed by atoms with Gasteiger partial charge in [0, 0.05) is 43.9 Å². The van der Waals surface area contributed by atoms with Gasteiger partial charge >= 0.3 is 6.03 Å². The quantitative estimate of drug-likeness (QED) is 0.904. The van der Waals surface area contributed by atoms with Gasteiger partial charge in [0.15, 0.2) is 0 Å². The number of hydrogen-bond acceptors (Lipinski definition) is 4. The third-order valence-corrected chi connectivity index (χ3v) is 5.15. The van der Waals surface area contributed by atoms with Gasteiger partial charge < -0.3 is 19.9 Å². The number of rotatable bonds is 4. The Hall–Kier alpha value is -2.31. The average Bonchev–Trinajstić information content (AvgIpc) is 3.07. The summed E-state index contributed by atoms with van der Waals surface area (Å²) in [5.41, 5.74) is 0.906. The van der Waals surface area contributed by atoms with Crippen LogP contribution in [0, 0.1) is 0 Å². The lowest BCUT2D eigenvalue weighted by molar-refractivity contribution is -0.130. The molecule has 2 aliphatic heterocycles. The number of nitrogens with one attached hydrogen (secondary N) is 1. The molecule has 7 nitrogen and oxygen atoms in total. The lowest BCUT2D eigenvalue weighted by Crippen LogP contribution is -2.50. The lowest BCUT2D eigenvalue weighted by atomic mass is 10.0. The fourth-order valence-corrected chi connectivity index (χ4v) is 3.71. The first kappa shape index (κ1) is 17.5. The molecule has 2 fully saturated rings. The second-order valence-corrected chi connectivity index (χ2v) is 6.70. The Morgan fingerprint density at radius 2 is 2.12 bits per heavy atom. The van der Waals surface area contributed by atoms with Crippen LogP contribution in [0.4, 0.5) is 4.79 Å². The fraction of sp³-hybridized carbons (Fsp3) is 0.611. The first-order valence-electron chi connectivity index (χ1n) is 8.93. The van der Waals surface area contributed by atoms with E-state index in [4.69, 9.17) is 4.74 Å². The Labute approximate surface area is 148 Å². The number of hydrogen-bond donors (Lipinski definition) is 1. The van der Waals surface area contributed by atoms with E-state index in [0.717, 1.165) is 31.4 Å². The van der Waals surface area contributed by atoms with Gasteiger partial charge in [-0.05, 0) is 32.3 Å². The predicted octanol–water partition coefficient (Wildman–Crippen LogP) is 1.95. The Kier molecular flexibility index (Phi) is 5.40. The standard InChI is InChI=1S/C18H26N4O3/c1-13(15-5-8-19-12-16(15)25-2)20-18(24)21-10-6-14(7-11-21)22-9-3-4-17(22)23/h5,8,12-14H,3-4,6-7,9-11H2,1-2H3,(H,20,24). The second-order valence-electron chi connectivity index (χ2n) is 6.70. The molecule has 1 unspecified atom stereocenters. The molecule has 3 heterocycles. The van der Waals surface area contributed by atoms with Gasteiger partial charge in [0.05, 0.1) is 19.3 Å². The predicted molar refractivity (Wildman–Crippen MR) is 93.3 cm³/mol. The minimum atomic E-state index is -0.164. The molecule has 0 aliphatic carbocycles. The van der Waals surface area contributed by atoms with Crippen molar-refractivity contribution in [3.63, 3.8) is 0 Å². The van der Waals surface area contributed by atoms with E-state index in [0.29, 0.717) is 25.3 Å². The number of methoxy groups -OCH3 is 1. The summed E-state index contributed by atoms with van der Waals surface area (Å²) in [6, 6.07) is 1.91. The molecular formula is C18H26N4O3. The number of ether oxygens (including phenoxy) is 1. The molecule has 0 aromatic carbocycles. The smallest absolute Gasteiger partial charge is 0.317 e. The molecule has 25 heavy (non-hydrogen) atoms. The molecule has 0 radical (unpaired) electrons. The summed E-state index contributed by atoms with van der Waals surface area (Å²) in [4.78, 5) is 32.3. The SMILES string of the molecule is COc1cnccc1C(C)NC(=O)N1CCC(N2CCCC2=O)CC1. The van der Waals surface area contributed by atoms with Crippen molar-refractivity contribution in [3.05, 3.63) is 24.0 Å². The topological polar surface area (TPSA) is 74.8 Å². The number of aromatic nitrogens is 1. The maximum Gasteiger partial charge on any atom is 0.317 e. The molecule has 1 N–H and O–H groups in total. The highest BCUT2D eigenvalue weighted by molar-refractivity contribution is 5.78. The minimum absolute atomic E-state index is 0.0717. The van der Waals surface area contributed by atoms with Gasteiger partial charge in [-0.3, -0.25) is 9.78 Å². The summed E-state index contributed by atoms with van der Waals surface area (Å²) in [6.45, 7) is 4.17. The van der Waals surface area contributed by atoms with Crippen molar-refractivity contribution >= 4 is 11.9 Å². The Balaban J connectivity index is 1.53. The van der Waals surface area contributed by atoms with Crippen molar-refractivity contribution in [3.8, 4) is 5.75 Å². The van der Waals surface area contributed by atoms with Crippen LogP contribution in [0.15, 0.2) is 18.5 Å². The lowest BCUT2D eigenvalue weighted by Gasteiger charge is -2.37. The summed E-state index contributed by atoms with van der Waals surface area (Å²) >= 11 is 0. The molecule has 0 bridgehead atoms. The first-order chi connectivity index (χ1) is 12.1. The van der Waals surface area contributed by atoms with Crippen LogP contribution in [0.25, 0.3) is 0 Å². The molecule has 0 spiro atoms. The molecule has 1 aromatic rings. The average molecular weight is 346 g/mol. The van der Waals surface area contributed by atoms with Crippen LogP contribution in [0.5, 0.6) is 5.75 Å². The maximum atomic E-state index is 12.6. The normalized spacial score (nSPS) is 19.8. The largest absolute Gasteiger partial charge is 0.495 e. The van der Waals surface area contributed by atoms with Crippen molar-refractivity contribution in [1.29, 1.82) is 0 Å². The number of amides is 3. The monoisotopic (exact) mass is 346 g/mol. The van der Waals surface area contributed by atoms with E-state index >= 15 is 0 Å². The second kappa shape index (κ2) is 7.72. The molecule has 136 valence electrons. The highest BCUT2D eigenvalue weighted by Crippen LogP contribution is 2.25. The molecule has 3 rings (SSSR count). The molecular weight excluding hydrogens is 320 g/mol. The molecule has 1 atom stereocenters. The van der Waals surface area contributed by atoms with Gasteiger partial charge in [0.25, 0.3) is 0 Å². The van der Waals surface area contributed by atoms with Crippen LogP contribution >= 0.6 is 0 Å². The Morgan fingerprint density at radius 3 is 2.76 bits per heavy atom. The zero-order valence-corrected chi connectivity index (χ0v) is 14.9. The van der Waals surface area contributed by atoms with Crippen molar-refractivity contribution in [1.82, 2.24) is 20.1 Å². The number of likely N-dealkylation sites (tertiary alicyclic amines) is 2. The van der Waals surface area contributed by atoms with Crippen LogP contribution in [-0.2, 0) is 4.79 Å². The van der Waals surface area contributed by atoms with Gasteiger partial charge in [-0.2, -0.15) is 0 Å². The summed E-state index contributed by atoms with van der Waals surface area (Å²) < 4.78 is 5.31. The molecule has 3 amide bonds. The van der Waals surface area contributed by atoms with Crippen molar-refractivity contribution in [2.24, 2.45) is 0 Å². The van der Waals surface area contributed by atoms with Crippen LogP contribution in [-0.4, -0.2) is 59.5 Å². The van der Waals surface area contributed by atoms with Gasteiger partial charge in [-0.1, -0.05) is 0 Å². The maximum absolute atomic E-state index is 12.6. The number of urea groups is 1. The summed E-state index contributed by atoms with van der Waals surface area (Å²) in [5, 5.41) is 3.03. The van der Waals surface area contributed by atoms with E-state index in [1.54, 1.807) is 19.5 Å². The van der Waals surface area contributed by atoms with E-state index in [1.165, 1.54) is 0 Å². The summed E-state index contributed by atoms with van der Waals surface area (Å²) in [5.74, 6) is 0.933. The zero-order chi connectivity index (χ0) is 17.8. The highest BCUT2D eigenvalue weighted by Gasteiger charge is 2.32. The van der Waals surface area contributed by atoms with Gasteiger partial charge in [0.2, 0.25) is 5.91 Å². The molecule has 2 saturated heterocycles. The molecule has 1 aromatic heterocycles. The van der Waals surface area contributed by atoms with E-state index in [1.807, 2.05) is 22.8 Å². The van der Waals surface area contributed by atoms with E-state index < -0.39 is 0 Å². The van der Waals surface area contributed by atoms with Gasteiger partial charge in [0.1, 0.15) is 5.75 Å². The Bertz CT molecular complexity index is 629. The van der Waals surface area contributed by atoms with Gasteiger partial charge in [-0.25, -0.2) is 4.79 Å². The van der Waals surface area contributed by atoms with E-state index in [2.05, 4.69) is 10.3 Å². The third-order valence-electron chi connectivity index (χ3n) is 5.15. The number of piperidine rings is 1. The van der Waals surface area contributed by atoms with Crippen LogP contribution in [0.3, 0.4) is 0 Å². The van der Waals surface area contributed by atoms with Crippen molar-refractivity contribution in [2.45, 2.75) is 44.7 Å². The molecule has 7 heteroatoms. The number of pyridine rings is 1. The van der Waals surface area contributed by atoms with E-state index in [-0.39, 0.29) is 24.0 Å². The van der Waals surface area contributed by atoms with Crippen LogP contribution in [0.1, 0.15) is 44.2 Å². The van der Waals surface area contributed by atoms with Crippen LogP contribution in [0.2, 0.25) is 0 Å². The number of carbonyl (C=O) groups is 2. The molecule has 0 saturated carbocycles.